The van der Waals surface area contributed by atoms with Crippen molar-refractivity contribution in [3.05, 3.63) is 35.1 Å². The highest BCUT2D eigenvalue weighted by Gasteiger charge is 2.23. The number of carbonyl (C=O) groups is 1. The van der Waals surface area contributed by atoms with E-state index in [1.54, 1.807) is 17.4 Å². The third-order valence-corrected chi connectivity index (χ3v) is 5.04. The van der Waals surface area contributed by atoms with Crippen LogP contribution >= 0.6 is 23.1 Å². The molecule has 1 saturated heterocycles. The van der Waals surface area contributed by atoms with Crippen molar-refractivity contribution in [2.24, 2.45) is 0 Å². The largest absolute Gasteiger partial charge is 0.348 e. The van der Waals surface area contributed by atoms with Crippen LogP contribution in [0.1, 0.15) is 29.0 Å². The zero-order valence-electron chi connectivity index (χ0n) is 11.8. The molecule has 1 amide bonds. The van der Waals surface area contributed by atoms with Crippen LogP contribution in [0.5, 0.6) is 0 Å². The predicted molar refractivity (Wildman–Crippen MR) is 85.2 cm³/mol. The van der Waals surface area contributed by atoms with E-state index in [2.05, 4.69) is 15.2 Å². The number of nitrogens with one attached hydrogen (secondary N) is 1. The van der Waals surface area contributed by atoms with Gasteiger partial charge in [0, 0.05) is 48.2 Å². The minimum absolute atomic E-state index is 0.106. The number of aryl methyl sites for hydroxylation is 1. The number of hydrogen-bond donors (Lipinski definition) is 1. The molecule has 0 aliphatic carbocycles. The van der Waals surface area contributed by atoms with Gasteiger partial charge < -0.3 is 10.2 Å². The molecule has 0 atom stereocenters. The normalized spacial score (nSPS) is 16.2. The van der Waals surface area contributed by atoms with E-state index in [1.165, 1.54) is 4.09 Å². The molecule has 1 N–H and O–H groups in total. The van der Waals surface area contributed by atoms with Crippen molar-refractivity contribution < 1.29 is 4.79 Å². The molecule has 0 aromatic carbocycles. The lowest BCUT2D eigenvalue weighted by molar-refractivity contribution is 0.0925. The number of rotatable bonds is 3. The summed E-state index contributed by atoms with van der Waals surface area (Å²) in [5, 5.41) is 6.11. The Morgan fingerprint density at radius 3 is 2.76 bits per heavy atom. The molecule has 3 rings (SSSR count). The molecule has 2 aromatic rings. The highest BCUT2D eigenvalue weighted by atomic mass is 35.5. The number of anilines is 1. The molecule has 3 heterocycles. The van der Waals surface area contributed by atoms with Crippen molar-refractivity contribution in [2.75, 3.05) is 18.0 Å². The van der Waals surface area contributed by atoms with E-state index in [9.17, 15) is 4.79 Å². The van der Waals surface area contributed by atoms with E-state index >= 15 is 0 Å². The molecule has 0 saturated carbocycles. The summed E-state index contributed by atoms with van der Waals surface area (Å²) in [5.74, 6) is -0.106. The summed E-state index contributed by atoms with van der Waals surface area (Å²) < 4.78 is 1.40. The Hall–Kier alpha value is -1.53. The second-order valence-corrected chi connectivity index (χ2v) is 6.40. The molecule has 2 aromatic heterocycles. The summed E-state index contributed by atoms with van der Waals surface area (Å²) in [5.41, 5.74) is 1.36. The fraction of sp³-hybridized carbons (Fsp3) is 0.429. The minimum atomic E-state index is -0.106. The highest BCUT2D eigenvalue weighted by Crippen LogP contribution is 2.22. The van der Waals surface area contributed by atoms with Gasteiger partial charge in [-0.1, -0.05) is 0 Å². The van der Waals surface area contributed by atoms with Crippen LogP contribution in [0.2, 0.25) is 0 Å². The Labute approximate surface area is 132 Å². The Morgan fingerprint density at radius 1 is 1.43 bits per heavy atom. The van der Waals surface area contributed by atoms with Crippen molar-refractivity contribution in [1.82, 2.24) is 14.4 Å². The first-order valence-electron chi connectivity index (χ1n) is 6.95. The van der Waals surface area contributed by atoms with Gasteiger partial charge in [-0.3, -0.25) is 8.88 Å². The van der Waals surface area contributed by atoms with Crippen LogP contribution in [0.4, 0.5) is 5.13 Å². The fourth-order valence-electron chi connectivity index (χ4n) is 2.53. The topological polar surface area (TPSA) is 50.2 Å². The first-order chi connectivity index (χ1) is 10.1. The highest BCUT2D eigenvalue weighted by molar-refractivity contribution is 7.13. The van der Waals surface area contributed by atoms with Gasteiger partial charge in [-0.15, -0.1) is 11.3 Å². The van der Waals surface area contributed by atoms with Crippen LogP contribution in [0, 0.1) is 6.92 Å². The predicted octanol–water partition coefficient (Wildman–Crippen LogP) is 2.65. The Kier molecular flexibility index (Phi) is 4.17. The van der Waals surface area contributed by atoms with Crippen molar-refractivity contribution in [2.45, 2.75) is 25.8 Å². The standard InChI is InChI=1S/C14H17ClN4OS/c1-10-2-3-12(19(10)15)13(20)17-11-4-7-18(8-5-11)14-16-6-9-21-14/h2-3,6,9,11H,4-5,7-8H2,1H3,(H,17,20). The number of nitrogens with zero attached hydrogens (tertiary/aromatic N) is 3. The maximum atomic E-state index is 12.2. The van der Waals surface area contributed by atoms with E-state index in [4.69, 9.17) is 11.8 Å². The molecule has 7 heteroatoms. The molecular formula is C14H17ClN4OS. The SMILES string of the molecule is Cc1ccc(C(=O)NC2CCN(c3nccs3)CC2)n1Cl. The number of piperidine rings is 1. The molecule has 112 valence electrons. The molecule has 1 fully saturated rings. The molecule has 1 aliphatic heterocycles. The number of amides is 1. The summed E-state index contributed by atoms with van der Waals surface area (Å²) in [4.78, 5) is 18.8. The van der Waals surface area contributed by atoms with E-state index in [0.717, 1.165) is 36.8 Å². The van der Waals surface area contributed by atoms with E-state index in [-0.39, 0.29) is 11.9 Å². The summed E-state index contributed by atoms with van der Waals surface area (Å²) in [7, 11) is 0. The van der Waals surface area contributed by atoms with E-state index in [1.807, 2.05) is 24.6 Å². The van der Waals surface area contributed by atoms with Gasteiger partial charge in [0.05, 0.1) is 0 Å². The maximum Gasteiger partial charge on any atom is 0.269 e. The summed E-state index contributed by atoms with van der Waals surface area (Å²) in [6.07, 6.45) is 3.67. The van der Waals surface area contributed by atoms with Crippen molar-refractivity contribution in [3.63, 3.8) is 0 Å². The monoisotopic (exact) mass is 324 g/mol. The van der Waals surface area contributed by atoms with Crippen LogP contribution in [0.15, 0.2) is 23.7 Å². The molecule has 21 heavy (non-hydrogen) atoms. The van der Waals surface area contributed by atoms with Crippen LogP contribution in [-0.4, -0.2) is 34.1 Å². The molecule has 0 bridgehead atoms. The number of hydrogen-bond acceptors (Lipinski definition) is 4. The van der Waals surface area contributed by atoms with Gasteiger partial charge in [0.1, 0.15) is 5.69 Å². The summed E-state index contributed by atoms with van der Waals surface area (Å²) in [6.45, 7) is 3.70. The first-order valence-corrected chi connectivity index (χ1v) is 8.16. The lowest BCUT2D eigenvalue weighted by atomic mass is 10.1. The van der Waals surface area contributed by atoms with Gasteiger partial charge in [0.25, 0.3) is 5.91 Å². The quantitative estimate of drug-likeness (QED) is 0.944. The first kappa shape index (κ1) is 14.4. The van der Waals surface area contributed by atoms with Crippen molar-refractivity contribution in [1.29, 1.82) is 0 Å². The number of carbonyl (C=O) groups excluding carboxylic acids is 1. The molecule has 0 radical (unpaired) electrons. The lowest BCUT2D eigenvalue weighted by Crippen LogP contribution is -2.45. The van der Waals surface area contributed by atoms with E-state index in [0.29, 0.717) is 5.69 Å². The minimum Gasteiger partial charge on any atom is -0.348 e. The Bertz CT molecular complexity index is 617. The van der Waals surface area contributed by atoms with Gasteiger partial charge in [-0.05, 0) is 31.9 Å². The van der Waals surface area contributed by atoms with Gasteiger partial charge >= 0.3 is 0 Å². The third kappa shape index (κ3) is 3.06. The fourth-order valence-corrected chi connectivity index (χ4v) is 3.42. The second kappa shape index (κ2) is 6.07. The van der Waals surface area contributed by atoms with Gasteiger partial charge in [0.2, 0.25) is 0 Å². The van der Waals surface area contributed by atoms with Crippen LogP contribution < -0.4 is 10.2 Å². The number of thiazole rings is 1. The van der Waals surface area contributed by atoms with Gasteiger partial charge in [-0.2, -0.15) is 0 Å². The molecule has 0 spiro atoms. The summed E-state index contributed by atoms with van der Waals surface area (Å²) >= 11 is 7.71. The number of aromatic nitrogens is 2. The van der Waals surface area contributed by atoms with Crippen LogP contribution in [0.25, 0.3) is 0 Å². The smallest absolute Gasteiger partial charge is 0.269 e. The van der Waals surface area contributed by atoms with Gasteiger partial charge in [-0.25, -0.2) is 4.98 Å². The van der Waals surface area contributed by atoms with Crippen LogP contribution in [-0.2, 0) is 0 Å². The average Bonchev–Trinajstić information content (AvgIpc) is 3.11. The zero-order chi connectivity index (χ0) is 14.8. The average molecular weight is 325 g/mol. The lowest BCUT2D eigenvalue weighted by Gasteiger charge is -2.32. The second-order valence-electron chi connectivity index (χ2n) is 5.19. The van der Waals surface area contributed by atoms with Crippen LogP contribution in [0.3, 0.4) is 0 Å². The molecule has 5 nitrogen and oxygen atoms in total. The molecule has 1 aliphatic rings. The number of halogens is 1. The Morgan fingerprint density at radius 2 is 2.19 bits per heavy atom. The maximum absolute atomic E-state index is 12.2. The molecule has 0 unspecified atom stereocenters. The third-order valence-electron chi connectivity index (χ3n) is 3.76. The van der Waals surface area contributed by atoms with Crippen molar-refractivity contribution in [3.8, 4) is 0 Å². The molecular weight excluding hydrogens is 308 g/mol. The zero-order valence-corrected chi connectivity index (χ0v) is 13.3. The Balaban J connectivity index is 1.56. The van der Waals surface area contributed by atoms with Gasteiger partial charge in [0.15, 0.2) is 5.13 Å². The van der Waals surface area contributed by atoms with Crippen molar-refractivity contribution >= 4 is 34.2 Å². The van der Waals surface area contributed by atoms with E-state index < -0.39 is 0 Å². The summed E-state index contributed by atoms with van der Waals surface area (Å²) in [6, 6.07) is 3.79.